The van der Waals surface area contributed by atoms with Crippen LogP contribution in [0.15, 0.2) is 24.3 Å². The van der Waals surface area contributed by atoms with Crippen LogP contribution in [0.4, 0.5) is 5.69 Å². The van der Waals surface area contributed by atoms with Gasteiger partial charge in [0.2, 0.25) is 0 Å². The molecule has 1 aliphatic heterocycles. The van der Waals surface area contributed by atoms with Crippen molar-refractivity contribution in [1.29, 1.82) is 0 Å². The van der Waals surface area contributed by atoms with Gasteiger partial charge in [0.15, 0.2) is 0 Å². The van der Waals surface area contributed by atoms with Gasteiger partial charge in [-0.05, 0) is 31.5 Å². The minimum absolute atomic E-state index is 0. The van der Waals surface area contributed by atoms with Crippen LogP contribution in [0, 0.1) is 0 Å². The van der Waals surface area contributed by atoms with E-state index in [1.54, 1.807) is 0 Å². The van der Waals surface area contributed by atoms with Crippen molar-refractivity contribution < 1.29 is 4.74 Å². The molecule has 1 unspecified atom stereocenters. The Balaban J connectivity index is 0.00000144. The third-order valence-electron chi connectivity index (χ3n) is 3.12. The van der Waals surface area contributed by atoms with E-state index in [2.05, 4.69) is 36.1 Å². The van der Waals surface area contributed by atoms with E-state index >= 15 is 0 Å². The molecule has 1 saturated heterocycles. The van der Waals surface area contributed by atoms with E-state index in [0.717, 1.165) is 19.8 Å². The molecule has 0 saturated carbocycles. The second kappa shape index (κ2) is 6.24. The highest BCUT2D eigenvalue weighted by Gasteiger charge is 2.18. The topological polar surface area (TPSA) is 38.5 Å². The van der Waals surface area contributed by atoms with E-state index in [0.29, 0.717) is 6.04 Å². The van der Waals surface area contributed by atoms with Crippen LogP contribution in [0.3, 0.4) is 0 Å². The molecule has 1 aliphatic rings. The van der Waals surface area contributed by atoms with E-state index in [1.807, 2.05) is 6.92 Å². The number of anilines is 1. The van der Waals surface area contributed by atoms with Gasteiger partial charge in [-0.25, -0.2) is 0 Å². The van der Waals surface area contributed by atoms with E-state index in [1.165, 1.54) is 11.3 Å². The molecule has 0 spiro atoms. The lowest BCUT2D eigenvalue weighted by Gasteiger charge is -2.35. The second-order valence-corrected chi connectivity index (χ2v) is 4.50. The van der Waals surface area contributed by atoms with Crippen LogP contribution in [0.25, 0.3) is 0 Å². The van der Waals surface area contributed by atoms with E-state index in [4.69, 9.17) is 10.5 Å². The summed E-state index contributed by atoms with van der Waals surface area (Å²) in [4.78, 5) is 2.38. The lowest BCUT2D eigenvalue weighted by atomic mass is 10.1. The van der Waals surface area contributed by atoms with E-state index in [9.17, 15) is 0 Å². The Kier molecular flexibility index (Phi) is 5.25. The van der Waals surface area contributed by atoms with Crippen molar-refractivity contribution in [3.8, 4) is 0 Å². The van der Waals surface area contributed by atoms with Gasteiger partial charge in [-0.15, -0.1) is 12.4 Å². The van der Waals surface area contributed by atoms with Gasteiger partial charge in [0.05, 0.1) is 13.2 Å². The fourth-order valence-corrected chi connectivity index (χ4v) is 2.08. The van der Waals surface area contributed by atoms with Crippen molar-refractivity contribution in [2.45, 2.75) is 25.9 Å². The first-order valence-corrected chi connectivity index (χ1v) is 5.88. The number of nitrogens with zero attached hydrogens (tertiary/aromatic N) is 1. The van der Waals surface area contributed by atoms with Crippen LogP contribution in [-0.4, -0.2) is 25.8 Å². The van der Waals surface area contributed by atoms with Gasteiger partial charge in [0, 0.05) is 24.3 Å². The zero-order chi connectivity index (χ0) is 11.5. The van der Waals surface area contributed by atoms with Gasteiger partial charge >= 0.3 is 0 Å². The van der Waals surface area contributed by atoms with Gasteiger partial charge in [0.1, 0.15) is 0 Å². The van der Waals surface area contributed by atoms with Gasteiger partial charge in [-0.2, -0.15) is 0 Å². The summed E-state index contributed by atoms with van der Waals surface area (Å²) < 4.78 is 5.43. The Morgan fingerprint density at radius 2 is 2.00 bits per heavy atom. The normalized spacial score (nSPS) is 21.8. The number of benzene rings is 1. The Morgan fingerprint density at radius 3 is 2.53 bits per heavy atom. The first-order chi connectivity index (χ1) is 7.68. The van der Waals surface area contributed by atoms with Crippen molar-refractivity contribution >= 4 is 18.1 Å². The minimum atomic E-state index is 0. The zero-order valence-electron chi connectivity index (χ0n) is 10.4. The smallest absolute Gasteiger partial charge is 0.0668 e. The number of ether oxygens (including phenoxy) is 1. The number of hydrogen-bond acceptors (Lipinski definition) is 3. The maximum absolute atomic E-state index is 5.84. The number of nitrogens with two attached hydrogens (primary N) is 1. The minimum Gasteiger partial charge on any atom is -0.377 e. The largest absolute Gasteiger partial charge is 0.377 e. The van der Waals surface area contributed by atoms with Crippen LogP contribution in [0.5, 0.6) is 0 Å². The summed E-state index contributed by atoms with van der Waals surface area (Å²) in [5.74, 6) is 0. The van der Waals surface area contributed by atoms with Crippen LogP contribution in [-0.2, 0) is 4.74 Å². The molecule has 0 aromatic heterocycles. The van der Waals surface area contributed by atoms with Gasteiger partial charge in [-0.1, -0.05) is 12.1 Å². The molecule has 1 fully saturated rings. The standard InChI is InChI=1S/C13H20N2O.ClH/c1-10-9-16-8-7-15(10)13-5-3-12(4-6-13)11(2)14;/h3-6,10-11H,7-9,14H2,1-2H3;1H/t10-,11?;/m1./s1. The predicted octanol–water partition coefficient (Wildman–Crippen LogP) is 2.35. The van der Waals surface area contributed by atoms with Gasteiger partial charge in [-0.3, -0.25) is 0 Å². The second-order valence-electron chi connectivity index (χ2n) is 4.50. The first kappa shape index (κ1) is 14.3. The summed E-state index contributed by atoms with van der Waals surface area (Å²) in [7, 11) is 0. The molecule has 17 heavy (non-hydrogen) atoms. The van der Waals surface area contributed by atoms with Crippen molar-refractivity contribution in [3.63, 3.8) is 0 Å². The van der Waals surface area contributed by atoms with Crippen molar-refractivity contribution in [2.75, 3.05) is 24.7 Å². The van der Waals surface area contributed by atoms with E-state index < -0.39 is 0 Å². The Bertz CT molecular complexity index is 340. The van der Waals surface area contributed by atoms with Crippen molar-refractivity contribution in [3.05, 3.63) is 29.8 Å². The van der Waals surface area contributed by atoms with Crippen LogP contribution < -0.4 is 10.6 Å². The molecule has 0 radical (unpaired) electrons. The highest BCUT2D eigenvalue weighted by atomic mass is 35.5. The average Bonchev–Trinajstić information content (AvgIpc) is 2.30. The summed E-state index contributed by atoms with van der Waals surface area (Å²) in [6.45, 7) is 6.80. The molecular formula is C13H21ClN2O. The Hall–Kier alpha value is -0.770. The van der Waals surface area contributed by atoms with Gasteiger partial charge < -0.3 is 15.4 Å². The molecule has 2 N–H and O–H groups in total. The Morgan fingerprint density at radius 1 is 1.35 bits per heavy atom. The highest BCUT2D eigenvalue weighted by molar-refractivity contribution is 5.85. The maximum Gasteiger partial charge on any atom is 0.0668 e. The van der Waals surface area contributed by atoms with Crippen molar-refractivity contribution in [1.82, 2.24) is 0 Å². The number of morpholine rings is 1. The van der Waals surface area contributed by atoms with Gasteiger partial charge in [0.25, 0.3) is 0 Å². The molecule has 1 aromatic carbocycles. The maximum atomic E-state index is 5.84. The molecule has 96 valence electrons. The number of rotatable bonds is 2. The third-order valence-corrected chi connectivity index (χ3v) is 3.12. The first-order valence-electron chi connectivity index (χ1n) is 5.88. The zero-order valence-corrected chi connectivity index (χ0v) is 11.2. The molecule has 4 heteroatoms. The van der Waals surface area contributed by atoms with Crippen LogP contribution in [0.2, 0.25) is 0 Å². The quantitative estimate of drug-likeness (QED) is 0.883. The fraction of sp³-hybridized carbons (Fsp3) is 0.538. The molecule has 0 aliphatic carbocycles. The SMILES string of the molecule is CC(N)c1ccc(N2CCOC[C@H]2C)cc1.Cl. The molecule has 2 rings (SSSR count). The molecule has 1 heterocycles. The molecule has 0 bridgehead atoms. The fourth-order valence-electron chi connectivity index (χ4n) is 2.08. The lowest BCUT2D eigenvalue weighted by molar-refractivity contribution is 0.0989. The average molecular weight is 257 g/mol. The molecule has 1 aromatic rings. The summed E-state index contributed by atoms with van der Waals surface area (Å²) >= 11 is 0. The summed E-state index contributed by atoms with van der Waals surface area (Å²) in [6.07, 6.45) is 0. The third kappa shape index (κ3) is 3.35. The summed E-state index contributed by atoms with van der Waals surface area (Å²) in [5, 5.41) is 0. The van der Waals surface area contributed by atoms with E-state index in [-0.39, 0.29) is 18.4 Å². The summed E-state index contributed by atoms with van der Waals surface area (Å²) in [5.41, 5.74) is 8.28. The molecule has 0 amide bonds. The van der Waals surface area contributed by atoms with Crippen LogP contribution >= 0.6 is 12.4 Å². The highest BCUT2D eigenvalue weighted by Crippen LogP contribution is 2.21. The number of hydrogen-bond donors (Lipinski definition) is 1. The molecule has 3 nitrogen and oxygen atoms in total. The van der Waals surface area contributed by atoms with Crippen molar-refractivity contribution in [2.24, 2.45) is 5.73 Å². The molecular weight excluding hydrogens is 236 g/mol. The predicted molar refractivity (Wildman–Crippen MR) is 73.9 cm³/mol. The summed E-state index contributed by atoms with van der Waals surface area (Å²) in [6, 6.07) is 9.09. The Labute approximate surface area is 109 Å². The number of halogens is 1. The molecule has 2 atom stereocenters. The monoisotopic (exact) mass is 256 g/mol. The van der Waals surface area contributed by atoms with Crippen LogP contribution in [0.1, 0.15) is 25.5 Å². The lowest BCUT2D eigenvalue weighted by Crippen LogP contribution is -2.43.